The van der Waals surface area contributed by atoms with Crippen molar-refractivity contribution in [1.29, 1.82) is 0 Å². The highest BCUT2D eigenvalue weighted by Crippen LogP contribution is 2.28. The second-order valence-corrected chi connectivity index (χ2v) is 7.02. The third-order valence-corrected chi connectivity index (χ3v) is 4.40. The lowest BCUT2D eigenvalue weighted by Gasteiger charge is -2.21. The number of rotatable bonds is 8. The molecule has 5 nitrogen and oxygen atoms in total. The normalized spacial score (nSPS) is 10.6. The number of para-hydroxylation sites is 2. The number of benzene rings is 2. The van der Waals surface area contributed by atoms with Gasteiger partial charge in [-0.3, -0.25) is 4.79 Å². The lowest BCUT2D eigenvalue weighted by Crippen LogP contribution is -2.30. The second kappa shape index (κ2) is 9.73. The largest absolute Gasteiger partial charge is 0.489 e. The minimum absolute atomic E-state index is 0.0199. The Labute approximate surface area is 172 Å². The monoisotopic (exact) mass is 389 g/mol. The summed E-state index contributed by atoms with van der Waals surface area (Å²) in [5, 5.41) is 3.27. The summed E-state index contributed by atoms with van der Waals surface area (Å²) in [7, 11) is 0. The predicted molar refractivity (Wildman–Crippen MR) is 117 cm³/mol. The van der Waals surface area contributed by atoms with Crippen molar-refractivity contribution < 1.29 is 9.53 Å². The fourth-order valence-corrected chi connectivity index (χ4v) is 3.01. The van der Waals surface area contributed by atoms with E-state index in [0.29, 0.717) is 24.5 Å². The van der Waals surface area contributed by atoms with Crippen molar-refractivity contribution in [3.05, 3.63) is 84.1 Å². The molecule has 5 heteroatoms. The first kappa shape index (κ1) is 20.4. The molecule has 3 rings (SSSR count). The van der Waals surface area contributed by atoms with Crippen molar-refractivity contribution in [3.8, 4) is 5.75 Å². The zero-order valence-corrected chi connectivity index (χ0v) is 17.1. The fraction of sp³-hybridized carbons (Fsp3) is 0.250. The van der Waals surface area contributed by atoms with E-state index in [9.17, 15) is 4.79 Å². The van der Waals surface area contributed by atoms with E-state index in [2.05, 4.69) is 10.3 Å². The molecule has 0 aliphatic rings. The van der Waals surface area contributed by atoms with E-state index < -0.39 is 0 Å². The number of carbonyl (C=O) groups is 1. The van der Waals surface area contributed by atoms with Gasteiger partial charge in [-0.05, 0) is 50.6 Å². The van der Waals surface area contributed by atoms with Gasteiger partial charge < -0.3 is 15.0 Å². The maximum absolute atomic E-state index is 13.0. The average Bonchev–Trinajstić information content (AvgIpc) is 2.73. The topological polar surface area (TPSA) is 54.5 Å². The van der Waals surface area contributed by atoms with Gasteiger partial charge in [0.1, 0.15) is 11.6 Å². The van der Waals surface area contributed by atoms with Crippen molar-refractivity contribution in [1.82, 2.24) is 9.88 Å². The predicted octanol–water partition coefficient (Wildman–Crippen LogP) is 5.27. The van der Waals surface area contributed by atoms with Crippen molar-refractivity contribution >= 4 is 17.4 Å². The smallest absolute Gasteiger partial charge is 0.254 e. The molecule has 0 aliphatic heterocycles. The van der Waals surface area contributed by atoms with Crippen LogP contribution in [0.3, 0.4) is 0 Å². The van der Waals surface area contributed by atoms with E-state index in [1.54, 1.807) is 18.3 Å². The first-order chi connectivity index (χ1) is 14.1. The molecule has 1 heterocycles. The molecule has 1 N–H and O–H groups in total. The lowest BCUT2D eigenvalue weighted by atomic mass is 10.1. The maximum Gasteiger partial charge on any atom is 0.254 e. The van der Waals surface area contributed by atoms with Crippen LogP contribution in [0.25, 0.3) is 0 Å². The van der Waals surface area contributed by atoms with E-state index in [4.69, 9.17) is 4.74 Å². The third-order valence-electron chi connectivity index (χ3n) is 4.40. The highest BCUT2D eigenvalue weighted by atomic mass is 16.5. The molecular weight excluding hydrogens is 362 g/mol. The van der Waals surface area contributed by atoms with Crippen LogP contribution in [-0.4, -0.2) is 28.4 Å². The maximum atomic E-state index is 13.0. The van der Waals surface area contributed by atoms with Gasteiger partial charge in [-0.15, -0.1) is 0 Å². The highest BCUT2D eigenvalue weighted by molar-refractivity contribution is 5.95. The molecule has 0 spiro atoms. The van der Waals surface area contributed by atoms with E-state index in [1.807, 2.05) is 80.3 Å². The number of pyridine rings is 1. The van der Waals surface area contributed by atoms with Crippen molar-refractivity contribution in [3.63, 3.8) is 0 Å². The highest BCUT2D eigenvalue weighted by Gasteiger charge is 2.16. The molecule has 0 fully saturated rings. The molecule has 0 saturated heterocycles. The fourth-order valence-electron chi connectivity index (χ4n) is 3.01. The number of hydrogen-bond donors (Lipinski definition) is 1. The van der Waals surface area contributed by atoms with Crippen LogP contribution >= 0.6 is 0 Å². The molecule has 2 aromatic carbocycles. The number of aromatic nitrogens is 1. The number of amides is 1. The number of hydrogen-bond acceptors (Lipinski definition) is 4. The van der Waals surface area contributed by atoms with Crippen molar-refractivity contribution in [2.24, 2.45) is 0 Å². The van der Waals surface area contributed by atoms with Crippen molar-refractivity contribution in [2.75, 3.05) is 11.9 Å². The molecule has 0 aliphatic carbocycles. The van der Waals surface area contributed by atoms with E-state index in [-0.39, 0.29) is 12.0 Å². The molecular formula is C24H27N3O2. The van der Waals surface area contributed by atoms with Crippen LogP contribution in [0.1, 0.15) is 36.7 Å². The number of nitrogens with zero attached hydrogens (tertiary/aromatic N) is 2. The third kappa shape index (κ3) is 5.57. The summed E-state index contributed by atoms with van der Waals surface area (Å²) >= 11 is 0. The van der Waals surface area contributed by atoms with Gasteiger partial charge in [-0.2, -0.15) is 0 Å². The van der Waals surface area contributed by atoms with Gasteiger partial charge in [0.15, 0.2) is 0 Å². The lowest BCUT2D eigenvalue weighted by molar-refractivity contribution is 0.0752. The van der Waals surface area contributed by atoms with Crippen LogP contribution in [0.5, 0.6) is 5.75 Å². The van der Waals surface area contributed by atoms with Crippen LogP contribution in [-0.2, 0) is 6.54 Å². The van der Waals surface area contributed by atoms with Gasteiger partial charge in [0.05, 0.1) is 11.8 Å². The van der Waals surface area contributed by atoms with Gasteiger partial charge >= 0.3 is 0 Å². The summed E-state index contributed by atoms with van der Waals surface area (Å²) in [4.78, 5) is 19.2. The molecule has 29 heavy (non-hydrogen) atoms. The summed E-state index contributed by atoms with van der Waals surface area (Å²) in [6.45, 7) is 7.16. The summed E-state index contributed by atoms with van der Waals surface area (Å²) in [5.41, 5.74) is 2.52. The molecule has 1 aromatic heterocycles. The van der Waals surface area contributed by atoms with Crippen LogP contribution in [0, 0.1) is 0 Å². The number of ether oxygens (including phenoxy) is 1. The SMILES string of the molecule is CCN(Cc1ccccc1)C(=O)c1ccnc(Nc2ccccc2OC(C)C)c1. The summed E-state index contributed by atoms with van der Waals surface area (Å²) in [6.07, 6.45) is 1.72. The van der Waals surface area contributed by atoms with Crippen molar-refractivity contribution in [2.45, 2.75) is 33.4 Å². The average molecular weight is 389 g/mol. The molecule has 0 atom stereocenters. The molecule has 1 amide bonds. The molecule has 0 radical (unpaired) electrons. The Morgan fingerprint density at radius 2 is 1.79 bits per heavy atom. The number of nitrogens with one attached hydrogen (secondary N) is 1. The van der Waals surface area contributed by atoms with E-state index in [0.717, 1.165) is 17.0 Å². The van der Waals surface area contributed by atoms with Gasteiger partial charge in [0.25, 0.3) is 5.91 Å². The Morgan fingerprint density at radius 3 is 2.52 bits per heavy atom. The molecule has 150 valence electrons. The second-order valence-electron chi connectivity index (χ2n) is 7.02. The van der Waals surface area contributed by atoms with Gasteiger partial charge in [-0.25, -0.2) is 4.98 Å². The van der Waals surface area contributed by atoms with Crippen LogP contribution in [0.4, 0.5) is 11.5 Å². The Bertz CT molecular complexity index is 942. The number of carbonyl (C=O) groups excluding carboxylic acids is 1. The zero-order valence-electron chi connectivity index (χ0n) is 17.1. The summed E-state index contributed by atoms with van der Waals surface area (Å²) in [5.74, 6) is 1.33. The van der Waals surface area contributed by atoms with Crippen LogP contribution in [0.15, 0.2) is 72.9 Å². The Balaban J connectivity index is 1.78. The Hall–Kier alpha value is -3.34. The molecule has 0 bridgehead atoms. The van der Waals surface area contributed by atoms with Crippen LogP contribution in [0.2, 0.25) is 0 Å². The van der Waals surface area contributed by atoms with Gasteiger partial charge in [-0.1, -0.05) is 42.5 Å². The molecule has 0 saturated carbocycles. The van der Waals surface area contributed by atoms with E-state index >= 15 is 0 Å². The molecule has 0 unspecified atom stereocenters. The Morgan fingerprint density at radius 1 is 1.07 bits per heavy atom. The quantitative estimate of drug-likeness (QED) is 0.570. The standard InChI is InChI=1S/C24H27N3O2/c1-4-27(17-19-10-6-5-7-11-19)24(28)20-14-15-25-23(16-20)26-21-12-8-9-13-22(21)29-18(2)3/h5-16,18H,4,17H2,1-3H3,(H,25,26). The minimum Gasteiger partial charge on any atom is -0.489 e. The van der Waals surface area contributed by atoms with Crippen LogP contribution < -0.4 is 10.1 Å². The summed E-state index contributed by atoms with van der Waals surface area (Å²) in [6, 6.07) is 21.2. The first-order valence-corrected chi connectivity index (χ1v) is 9.88. The first-order valence-electron chi connectivity index (χ1n) is 9.88. The van der Waals surface area contributed by atoms with E-state index in [1.165, 1.54) is 0 Å². The Kier molecular flexibility index (Phi) is 6.85. The molecule has 3 aromatic rings. The van der Waals surface area contributed by atoms with Gasteiger partial charge in [0.2, 0.25) is 0 Å². The minimum atomic E-state index is -0.0199. The zero-order chi connectivity index (χ0) is 20.6. The van der Waals surface area contributed by atoms with Gasteiger partial charge in [0, 0.05) is 24.8 Å². The number of anilines is 2. The summed E-state index contributed by atoms with van der Waals surface area (Å²) < 4.78 is 5.85.